The fourth-order valence-corrected chi connectivity index (χ4v) is 2.67. The number of nitriles is 1. The number of rotatable bonds is 1. The Morgan fingerprint density at radius 1 is 1.31 bits per heavy atom. The standard InChI is InChI=1S/C14H14N2/c1-10-13(14(9-15)7-8-14)11-5-3-4-6-12(11)16(10)2/h3-6H,7-8H2,1-2H3. The van der Waals surface area contributed by atoms with Gasteiger partial charge in [0.05, 0.1) is 11.5 Å². The normalized spacial score (nSPS) is 17.3. The van der Waals surface area contributed by atoms with E-state index in [2.05, 4.69) is 48.9 Å². The topological polar surface area (TPSA) is 28.7 Å². The minimum Gasteiger partial charge on any atom is -0.348 e. The fourth-order valence-electron chi connectivity index (χ4n) is 2.67. The maximum absolute atomic E-state index is 9.34. The second kappa shape index (κ2) is 2.89. The molecule has 3 rings (SSSR count). The molecule has 0 N–H and O–H groups in total. The molecule has 0 atom stereocenters. The lowest BCUT2D eigenvalue weighted by atomic mass is 9.95. The number of nitrogens with zero attached hydrogens (tertiary/aromatic N) is 2. The molecule has 1 aliphatic rings. The number of fused-ring (bicyclic) bond motifs is 1. The number of para-hydroxylation sites is 1. The fraction of sp³-hybridized carbons (Fsp3) is 0.357. The van der Waals surface area contributed by atoms with Crippen LogP contribution in [0.25, 0.3) is 10.9 Å². The van der Waals surface area contributed by atoms with Crippen molar-refractivity contribution in [1.29, 1.82) is 5.26 Å². The number of hydrogen-bond acceptors (Lipinski definition) is 1. The number of hydrogen-bond donors (Lipinski definition) is 0. The zero-order valence-electron chi connectivity index (χ0n) is 9.62. The Morgan fingerprint density at radius 3 is 2.62 bits per heavy atom. The molecule has 0 amide bonds. The second-order valence-electron chi connectivity index (χ2n) is 4.73. The van der Waals surface area contributed by atoms with Gasteiger partial charge in [-0.3, -0.25) is 0 Å². The molecule has 1 aromatic heterocycles. The van der Waals surface area contributed by atoms with Gasteiger partial charge in [-0.2, -0.15) is 5.26 Å². The molecule has 80 valence electrons. The molecule has 0 unspecified atom stereocenters. The average Bonchev–Trinajstić information content (AvgIpc) is 3.05. The summed E-state index contributed by atoms with van der Waals surface area (Å²) in [5.74, 6) is 0. The minimum absolute atomic E-state index is 0.190. The van der Waals surface area contributed by atoms with Gasteiger partial charge in [0.2, 0.25) is 0 Å². The van der Waals surface area contributed by atoms with Crippen molar-refractivity contribution in [1.82, 2.24) is 4.57 Å². The summed E-state index contributed by atoms with van der Waals surface area (Å²) in [6.45, 7) is 2.12. The second-order valence-corrected chi connectivity index (χ2v) is 4.73. The van der Waals surface area contributed by atoms with Crippen LogP contribution in [0.4, 0.5) is 0 Å². The Kier molecular flexibility index (Phi) is 1.71. The van der Waals surface area contributed by atoms with Gasteiger partial charge < -0.3 is 4.57 Å². The van der Waals surface area contributed by atoms with E-state index in [0.717, 1.165) is 12.8 Å². The average molecular weight is 210 g/mol. The molecule has 2 aromatic rings. The van der Waals surface area contributed by atoms with Crippen LogP contribution in [0, 0.1) is 18.3 Å². The molecule has 1 aromatic carbocycles. The molecule has 1 fully saturated rings. The van der Waals surface area contributed by atoms with Crippen LogP contribution in [0.2, 0.25) is 0 Å². The third-order valence-electron chi connectivity index (χ3n) is 3.84. The molecule has 16 heavy (non-hydrogen) atoms. The third kappa shape index (κ3) is 1.01. The summed E-state index contributed by atoms with van der Waals surface area (Å²) in [6, 6.07) is 10.9. The van der Waals surface area contributed by atoms with Gasteiger partial charge in [0.15, 0.2) is 0 Å². The lowest BCUT2D eigenvalue weighted by Gasteiger charge is -2.06. The lowest BCUT2D eigenvalue weighted by Crippen LogP contribution is -2.04. The summed E-state index contributed by atoms with van der Waals surface area (Å²) in [5.41, 5.74) is 3.54. The van der Waals surface area contributed by atoms with E-state index >= 15 is 0 Å². The number of aryl methyl sites for hydroxylation is 1. The van der Waals surface area contributed by atoms with Crippen molar-refractivity contribution < 1.29 is 0 Å². The molecule has 0 radical (unpaired) electrons. The molecule has 0 bridgehead atoms. The predicted molar refractivity (Wildman–Crippen MR) is 64.2 cm³/mol. The van der Waals surface area contributed by atoms with Crippen LogP contribution in [-0.4, -0.2) is 4.57 Å². The van der Waals surface area contributed by atoms with Crippen LogP contribution < -0.4 is 0 Å². The van der Waals surface area contributed by atoms with Gasteiger partial charge in [-0.25, -0.2) is 0 Å². The summed E-state index contributed by atoms with van der Waals surface area (Å²) < 4.78 is 2.20. The summed E-state index contributed by atoms with van der Waals surface area (Å²) in [7, 11) is 2.08. The number of benzene rings is 1. The van der Waals surface area contributed by atoms with Crippen LogP contribution in [0.15, 0.2) is 24.3 Å². The first-order chi connectivity index (χ1) is 7.69. The van der Waals surface area contributed by atoms with E-state index < -0.39 is 0 Å². The largest absolute Gasteiger partial charge is 0.348 e. The van der Waals surface area contributed by atoms with Gasteiger partial charge >= 0.3 is 0 Å². The molecule has 0 aliphatic heterocycles. The summed E-state index contributed by atoms with van der Waals surface area (Å²) in [5, 5.41) is 10.6. The van der Waals surface area contributed by atoms with Crippen molar-refractivity contribution in [2.75, 3.05) is 0 Å². The first-order valence-corrected chi connectivity index (χ1v) is 5.65. The highest BCUT2D eigenvalue weighted by molar-refractivity contribution is 5.87. The summed E-state index contributed by atoms with van der Waals surface area (Å²) >= 11 is 0. The Labute approximate surface area is 95.1 Å². The monoisotopic (exact) mass is 210 g/mol. The van der Waals surface area contributed by atoms with E-state index in [1.165, 1.54) is 22.2 Å². The molecule has 0 saturated heterocycles. The molecular formula is C14H14N2. The van der Waals surface area contributed by atoms with Crippen LogP contribution in [0.1, 0.15) is 24.1 Å². The van der Waals surface area contributed by atoms with Crippen LogP contribution >= 0.6 is 0 Å². The maximum atomic E-state index is 9.34. The Balaban J connectivity index is 2.41. The molecule has 2 heteroatoms. The van der Waals surface area contributed by atoms with E-state index in [-0.39, 0.29) is 5.41 Å². The predicted octanol–water partition coefficient (Wildman–Crippen LogP) is 3.04. The Bertz CT molecular complexity index is 609. The molecule has 2 nitrogen and oxygen atoms in total. The van der Waals surface area contributed by atoms with E-state index in [4.69, 9.17) is 0 Å². The SMILES string of the molecule is Cc1c(C2(C#N)CC2)c2ccccc2n1C. The van der Waals surface area contributed by atoms with Gasteiger partial charge in [0, 0.05) is 29.2 Å². The smallest absolute Gasteiger partial charge is 0.0847 e. The highest BCUT2D eigenvalue weighted by atomic mass is 14.9. The van der Waals surface area contributed by atoms with E-state index in [0.29, 0.717) is 0 Å². The molecule has 1 saturated carbocycles. The first-order valence-electron chi connectivity index (χ1n) is 5.65. The lowest BCUT2D eigenvalue weighted by molar-refractivity contribution is 0.849. The van der Waals surface area contributed by atoms with Gasteiger partial charge in [-0.1, -0.05) is 18.2 Å². The van der Waals surface area contributed by atoms with Gasteiger partial charge in [0.25, 0.3) is 0 Å². The first kappa shape index (κ1) is 9.47. The van der Waals surface area contributed by atoms with Crippen molar-refractivity contribution >= 4 is 10.9 Å². The van der Waals surface area contributed by atoms with Crippen LogP contribution in [0.3, 0.4) is 0 Å². The van der Waals surface area contributed by atoms with Crippen molar-refractivity contribution in [3.05, 3.63) is 35.5 Å². The van der Waals surface area contributed by atoms with E-state index in [1.807, 2.05) is 0 Å². The zero-order valence-corrected chi connectivity index (χ0v) is 9.62. The molecule has 0 spiro atoms. The van der Waals surface area contributed by atoms with Gasteiger partial charge in [-0.15, -0.1) is 0 Å². The summed E-state index contributed by atoms with van der Waals surface area (Å²) in [4.78, 5) is 0. The molecule has 1 heterocycles. The zero-order chi connectivity index (χ0) is 11.3. The van der Waals surface area contributed by atoms with Crippen molar-refractivity contribution in [3.63, 3.8) is 0 Å². The summed E-state index contributed by atoms with van der Waals surface area (Å²) in [6.07, 6.45) is 2.02. The van der Waals surface area contributed by atoms with Crippen LogP contribution in [0.5, 0.6) is 0 Å². The quantitative estimate of drug-likeness (QED) is 0.711. The Hall–Kier alpha value is -1.75. The highest BCUT2D eigenvalue weighted by Crippen LogP contribution is 2.51. The van der Waals surface area contributed by atoms with Crippen molar-refractivity contribution in [3.8, 4) is 6.07 Å². The molecular weight excluding hydrogens is 196 g/mol. The Morgan fingerprint density at radius 2 is 2.00 bits per heavy atom. The number of aromatic nitrogens is 1. The third-order valence-corrected chi connectivity index (χ3v) is 3.84. The van der Waals surface area contributed by atoms with Crippen LogP contribution in [-0.2, 0) is 12.5 Å². The maximum Gasteiger partial charge on any atom is 0.0847 e. The van der Waals surface area contributed by atoms with E-state index in [1.54, 1.807) is 0 Å². The van der Waals surface area contributed by atoms with Crippen molar-refractivity contribution in [2.24, 2.45) is 7.05 Å². The van der Waals surface area contributed by atoms with Crippen molar-refractivity contribution in [2.45, 2.75) is 25.2 Å². The highest BCUT2D eigenvalue weighted by Gasteiger charge is 2.47. The van der Waals surface area contributed by atoms with Gasteiger partial charge in [-0.05, 0) is 25.8 Å². The van der Waals surface area contributed by atoms with Gasteiger partial charge in [0.1, 0.15) is 0 Å². The molecule has 1 aliphatic carbocycles. The van der Waals surface area contributed by atoms with E-state index in [9.17, 15) is 5.26 Å². The minimum atomic E-state index is -0.190.